The average Bonchev–Trinajstić information content (AvgIpc) is 2.54. The number of esters is 1. The van der Waals surface area contributed by atoms with Crippen molar-refractivity contribution in [1.29, 1.82) is 0 Å². The zero-order valence-electron chi connectivity index (χ0n) is 15.8. The first-order valence-electron chi connectivity index (χ1n) is 8.70. The molecule has 1 aromatic carbocycles. The molecule has 0 aliphatic rings. The maximum atomic E-state index is 11.7. The molecule has 1 heterocycles. The van der Waals surface area contributed by atoms with E-state index in [0.29, 0.717) is 30.0 Å². The van der Waals surface area contributed by atoms with E-state index in [1.165, 1.54) is 0 Å². The molecule has 0 amide bonds. The number of hydrogen-bond donors (Lipinski definition) is 3. The SMILES string of the molecule is CCOC(=O)c1ccc(Nc2nc(NC(C)C)nc(NC(C)C)n2)cc1. The minimum absolute atomic E-state index is 0.195. The van der Waals surface area contributed by atoms with Gasteiger partial charge < -0.3 is 20.7 Å². The van der Waals surface area contributed by atoms with Crippen LogP contribution in [-0.2, 0) is 4.74 Å². The fraction of sp³-hybridized carbons (Fsp3) is 0.444. The summed E-state index contributed by atoms with van der Waals surface area (Å²) < 4.78 is 4.98. The van der Waals surface area contributed by atoms with Gasteiger partial charge in [-0.25, -0.2) is 4.79 Å². The lowest BCUT2D eigenvalue weighted by Gasteiger charge is -2.14. The molecular weight excluding hydrogens is 332 g/mol. The zero-order chi connectivity index (χ0) is 19.1. The van der Waals surface area contributed by atoms with Crippen molar-refractivity contribution >= 4 is 29.5 Å². The lowest BCUT2D eigenvalue weighted by molar-refractivity contribution is 0.0526. The predicted molar refractivity (Wildman–Crippen MR) is 103 cm³/mol. The molecule has 26 heavy (non-hydrogen) atoms. The van der Waals surface area contributed by atoms with Gasteiger partial charge in [0.15, 0.2) is 0 Å². The van der Waals surface area contributed by atoms with Gasteiger partial charge in [0.2, 0.25) is 17.8 Å². The summed E-state index contributed by atoms with van der Waals surface area (Å²) in [6, 6.07) is 7.34. The van der Waals surface area contributed by atoms with Gasteiger partial charge >= 0.3 is 5.97 Å². The van der Waals surface area contributed by atoms with Crippen molar-refractivity contribution < 1.29 is 9.53 Å². The number of benzene rings is 1. The molecule has 140 valence electrons. The quantitative estimate of drug-likeness (QED) is 0.617. The fourth-order valence-corrected chi connectivity index (χ4v) is 2.11. The van der Waals surface area contributed by atoms with Crippen LogP contribution < -0.4 is 16.0 Å². The van der Waals surface area contributed by atoms with Crippen LogP contribution in [-0.4, -0.2) is 39.6 Å². The first-order valence-corrected chi connectivity index (χ1v) is 8.70. The Balaban J connectivity index is 2.20. The lowest BCUT2D eigenvalue weighted by Crippen LogP contribution is -2.18. The first-order chi connectivity index (χ1) is 12.4. The van der Waals surface area contributed by atoms with Gasteiger partial charge in [-0.05, 0) is 58.9 Å². The molecule has 0 radical (unpaired) electrons. The molecule has 0 aliphatic heterocycles. The molecule has 8 nitrogen and oxygen atoms in total. The van der Waals surface area contributed by atoms with Crippen molar-refractivity contribution in [2.24, 2.45) is 0 Å². The largest absolute Gasteiger partial charge is 0.462 e. The summed E-state index contributed by atoms with van der Waals surface area (Å²) in [5.74, 6) is 1.05. The Morgan fingerprint density at radius 2 is 1.42 bits per heavy atom. The molecule has 0 atom stereocenters. The van der Waals surface area contributed by atoms with Crippen LogP contribution in [0.3, 0.4) is 0 Å². The highest BCUT2D eigenvalue weighted by molar-refractivity contribution is 5.89. The van der Waals surface area contributed by atoms with Crippen LogP contribution in [0.4, 0.5) is 23.5 Å². The third-order valence-electron chi connectivity index (χ3n) is 3.12. The number of aromatic nitrogens is 3. The highest BCUT2D eigenvalue weighted by Crippen LogP contribution is 2.17. The molecular formula is C18H26N6O2. The second-order valence-electron chi connectivity index (χ2n) is 6.33. The smallest absolute Gasteiger partial charge is 0.338 e. The summed E-state index contributed by atoms with van der Waals surface area (Å²) in [6.45, 7) is 10.2. The molecule has 0 fully saturated rings. The van der Waals surface area contributed by atoms with E-state index in [9.17, 15) is 4.79 Å². The molecule has 0 bridgehead atoms. The Kier molecular flexibility index (Phi) is 6.71. The third kappa shape index (κ3) is 5.87. The molecule has 0 unspecified atom stereocenters. The van der Waals surface area contributed by atoms with Gasteiger partial charge in [-0.1, -0.05) is 0 Å². The Hall–Kier alpha value is -2.90. The molecule has 0 aliphatic carbocycles. The van der Waals surface area contributed by atoms with Crippen LogP contribution in [0.5, 0.6) is 0 Å². The van der Waals surface area contributed by atoms with E-state index in [1.807, 2.05) is 27.7 Å². The maximum Gasteiger partial charge on any atom is 0.338 e. The third-order valence-corrected chi connectivity index (χ3v) is 3.12. The molecule has 2 aromatic rings. The van der Waals surface area contributed by atoms with Crippen LogP contribution >= 0.6 is 0 Å². The monoisotopic (exact) mass is 358 g/mol. The van der Waals surface area contributed by atoms with Crippen LogP contribution in [0.25, 0.3) is 0 Å². The summed E-state index contributed by atoms with van der Waals surface area (Å²) in [7, 11) is 0. The van der Waals surface area contributed by atoms with E-state index in [2.05, 4.69) is 30.9 Å². The summed E-state index contributed by atoms with van der Waals surface area (Å²) in [4.78, 5) is 24.9. The van der Waals surface area contributed by atoms with Crippen LogP contribution in [0, 0.1) is 0 Å². The van der Waals surface area contributed by atoms with Crippen molar-refractivity contribution in [3.8, 4) is 0 Å². The van der Waals surface area contributed by atoms with Gasteiger partial charge in [-0.2, -0.15) is 15.0 Å². The van der Waals surface area contributed by atoms with Crippen molar-refractivity contribution in [3.63, 3.8) is 0 Å². The summed E-state index contributed by atoms with van der Waals surface area (Å²) in [6.07, 6.45) is 0. The van der Waals surface area contributed by atoms with Gasteiger partial charge in [0.25, 0.3) is 0 Å². The summed E-state index contributed by atoms with van der Waals surface area (Å²) in [5.41, 5.74) is 1.26. The number of carbonyl (C=O) groups is 1. The Morgan fingerprint density at radius 3 is 1.88 bits per heavy atom. The van der Waals surface area contributed by atoms with Gasteiger partial charge in [-0.15, -0.1) is 0 Å². The van der Waals surface area contributed by atoms with E-state index in [0.717, 1.165) is 5.69 Å². The van der Waals surface area contributed by atoms with Gasteiger partial charge in [0.1, 0.15) is 0 Å². The minimum Gasteiger partial charge on any atom is -0.462 e. The Labute approximate surface area is 153 Å². The van der Waals surface area contributed by atoms with E-state index in [-0.39, 0.29) is 18.1 Å². The molecule has 0 saturated heterocycles. The average molecular weight is 358 g/mol. The molecule has 8 heteroatoms. The van der Waals surface area contributed by atoms with Crippen LogP contribution in [0.15, 0.2) is 24.3 Å². The fourth-order valence-electron chi connectivity index (χ4n) is 2.11. The molecule has 0 spiro atoms. The van der Waals surface area contributed by atoms with Crippen LogP contribution in [0.2, 0.25) is 0 Å². The number of carbonyl (C=O) groups excluding carboxylic acids is 1. The topological polar surface area (TPSA) is 101 Å². The Bertz CT molecular complexity index is 703. The van der Waals surface area contributed by atoms with E-state index < -0.39 is 0 Å². The first kappa shape index (κ1) is 19.4. The molecule has 1 aromatic heterocycles. The highest BCUT2D eigenvalue weighted by atomic mass is 16.5. The zero-order valence-corrected chi connectivity index (χ0v) is 15.8. The van der Waals surface area contributed by atoms with Crippen molar-refractivity contribution in [1.82, 2.24) is 15.0 Å². The van der Waals surface area contributed by atoms with Gasteiger partial charge in [-0.3, -0.25) is 0 Å². The van der Waals surface area contributed by atoms with Crippen LogP contribution in [0.1, 0.15) is 45.0 Å². The van der Waals surface area contributed by atoms with E-state index in [4.69, 9.17) is 4.74 Å². The number of nitrogens with zero attached hydrogens (tertiary/aromatic N) is 3. The predicted octanol–water partition coefficient (Wildman–Crippen LogP) is 3.43. The standard InChI is InChI=1S/C18H26N6O2/c1-6-26-15(25)13-7-9-14(10-8-13)21-18-23-16(19-11(2)3)22-17(24-18)20-12(4)5/h7-12H,6H2,1-5H3,(H3,19,20,21,22,23,24). The van der Waals surface area contributed by atoms with Crippen molar-refractivity contribution in [3.05, 3.63) is 29.8 Å². The Morgan fingerprint density at radius 1 is 0.923 bits per heavy atom. The second kappa shape index (κ2) is 8.98. The number of hydrogen-bond acceptors (Lipinski definition) is 8. The minimum atomic E-state index is -0.342. The number of ether oxygens (including phenoxy) is 1. The van der Waals surface area contributed by atoms with Crippen molar-refractivity contribution in [2.45, 2.75) is 46.7 Å². The molecule has 2 rings (SSSR count). The number of rotatable bonds is 8. The van der Waals surface area contributed by atoms with E-state index in [1.54, 1.807) is 31.2 Å². The highest BCUT2D eigenvalue weighted by Gasteiger charge is 2.10. The molecule has 0 saturated carbocycles. The lowest BCUT2D eigenvalue weighted by atomic mass is 10.2. The summed E-state index contributed by atoms with van der Waals surface area (Å²) >= 11 is 0. The van der Waals surface area contributed by atoms with Crippen molar-refractivity contribution in [2.75, 3.05) is 22.6 Å². The second-order valence-corrected chi connectivity index (χ2v) is 6.33. The van der Waals surface area contributed by atoms with Gasteiger partial charge in [0, 0.05) is 17.8 Å². The normalized spacial score (nSPS) is 10.7. The maximum absolute atomic E-state index is 11.7. The summed E-state index contributed by atoms with van der Waals surface area (Å²) in [5, 5.41) is 9.49. The molecule has 3 N–H and O–H groups in total. The van der Waals surface area contributed by atoms with Gasteiger partial charge in [0.05, 0.1) is 12.2 Å². The number of anilines is 4. The number of nitrogens with one attached hydrogen (secondary N) is 3. The van der Waals surface area contributed by atoms with E-state index >= 15 is 0 Å².